The van der Waals surface area contributed by atoms with E-state index in [0.717, 1.165) is 22.3 Å². The van der Waals surface area contributed by atoms with Gasteiger partial charge in [0.05, 0.1) is 11.7 Å². The second-order valence-electron chi connectivity index (χ2n) is 7.94. The zero-order valence-corrected chi connectivity index (χ0v) is 19.1. The van der Waals surface area contributed by atoms with Gasteiger partial charge in [-0.1, -0.05) is 54.6 Å². The minimum absolute atomic E-state index is 0.110. The second-order valence-corrected chi connectivity index (χ2v) is 8.80. The molecule has 0 spiro atoms. The first-order valence-corrected chi connectivity index (χ1v) is 11.6. The highest BCUT2D eigenvalue weighted by Gasteiger charge is 2.20. The molecule has 1 unspecified atom stereocenters. The van der Waals surface area contributed by atoms with E-state index in [0.29, 0.717) is 15.9 Å². The van der Waals surface area contributed by atoms with Crippen molar-refractivity contribution >= 4 is 33.1 Å². The summed E-state index contributed by atoms with van der Waals surface area (Å²) in [6.07, 6.45) is 1.42. The number of thiophene rings is 1. The smallest absolute Gasteiger partial charge is 0.263 e. The van der Waals surface area contributed by atoms with Gasteiger partial charge in [0.1, 0.15) is 16.6 Å². The van der Waals surface area contributed by atoms with Gasteiger partial charge in [-0.15, -0.1) is 11.3 Å². The van der Waals surface area contributed by atoms with Crippen molar-refractivity contribution in [2.24, 2.45) is 0 Å². The van der Waals surface area contributed by atoms with Gasteiger partial charge in [0, 0.05) is 16.6 Å². The van der Waals surface area contributed by atoms with E-state index in [4.69, 9.17) is 0 Å². The first kappa shape index (κ1) is 21.6. The van der Waals surface area contributed by atoms with Gasteiger partial charge < -0.3 is 10.4 Å². The molecule has 2 N–H and O–H groups in total. The van der Waals surface area contributed by atoms with Crippen molar-refractivity contribution in [3.8, 4) is 28.0 Å². The van der Waals surface area contributed by atoms with Gasteiger partial charge in [-0.3, -0.25) is 14.2 Å². The Bertz CT molecular complexity index is 1520. The van der Waals surface area contributed by atoms with E-state index in [1.165, 1.54) is 34.4 Å². The Labute approximate surface area is 199 Å². The van der Waals surface area contributed by atoms with Crippen LogP contribution in [0.3, 0.4) is 0 Å². The number of rotatable bonds is 5. The number of benzene rings is 3. The molecule has 0 saturated carbocycles. The van der Waals surface area contributed by atoms with E-state index >= 15 is 0 Å². The van der Waals surface area contributed by atoms with Gasteiger partial charge in [0.15, 0.2) is 0 Å². The molecule has 0 aliphatic rings. The van der Waals surface area contributed by atoms with Gasteiger partial charge in [0.2, 0.25) is 5.91 Å². The van der Waals surface area contributed by atoms with Gasteiger partial charge >= 0.3 is 0 Å². The lowest BCUT2D eigenvalue weighted by molar-refractivity contribution is -0.118. The second kappa shape index (κ2) is 8.96. The number of aromatic nitrogens is 2. The highest BCUT2D eigenvalue weighted by Crippen LogP contribution is 2.32. The highest BCUT2D eigenvalue weighted by molar-refractivity contribution is 7.17. The van der Waals surface area contributed by atoms with Crippen LogP contribution in [0.25, 0.3) is 32.5 Å². The van der Waals surface area contributed by atoms with Crippen LogP contribution in [-0.4, -0.2) is 20.6 Å². The Hall–Kier alpha value is -4.23. The zero-order valence-electron chi connectivity index (χ0n) is 18.3. The number of aromatic hydroxyl groups is 1. The van der Waals surface area contributed by atoms with Gasteiger partial charge in [0.25, 0.3) is 5.56 Å². The van der Waals surface area contributed by atoms with Crippen LogP contribution in [0.15, 0.2) is 95.4 Å². The molecule has 1 atom stereocenters. The number of nitrogens with one attached hydrogen (secondary N) is 1. The standard InChI is InChI=1S/C27H21N3O3S/c1-17(25(32)29-21-11-13-22(31)14-12-21)30-16-28-26-24(27(30)33)23(15-34-26)20-9-7-19(8-10-20)18-5-3-2-4-6-18/h2-17,31H,1H3,(H,29,32). The fourth-order valence-corrected chi connectivity index (χ4v) is 4.73. The van der Waals surface area contributed by atoms with Gasteiger partial charge in [-0.05, 0) is 47.9 Å². The summed E-state index contributed by atoms with van der Waals surface area (Å²) in [5.74, 6) is -0.239. The van der Waals surface area contributed by atoms with Crippen molar-refractivity contribution in [3.63, 3.8) is 0 Å². The van der Waals surface area contributed by atoms with E-state index in [1.54, 1.807) is 19.1 Å². The van der Waals surface area contributed by atoms with Crippen LogP contribution in [0.5, 0.6) is 5.75 Å². The summed E-state index contributed by atoms with van der Waals surface area (Å²) < 4.78 is 1.35. The molecule has 0 radical (unpaired) electrons. The summed E-state index contributed by atoms with van der Waals surface area (Å²) in [6.45, 7) is 1.66. The number of nitrogens with zero attached hydrogens (tertiary/aromatic N) is 2. The Morgan fingerprint density at radius 1 is 0.941 bits per heavy atom. The molecule has 6 nitrogen and oxygen atoms in total. The molecular weight excluding hydrogens is 446 g/mol. The number of amides is 1. The quantitative estimate of drug-likeness (QED) is 0.325. The monoisotopic (exact) mass is 467 g/mol. The number of carbonyl (C=O) groups is 1. The third-order valence-corrected chi connectivity index (χ3v) is 6.64. The minimum atomic E-state index is -0.772. The molecule has 3 aromatic carbocycles. The summed E-state index contributed by atoms with van der Waals surface area (Å²) in [7, 11) is 0. The Kier molecular flexibility index (Phi) is 5.69. The number of phenols is 1. The highest BCUT2D eigenvalue weighted by atomic mass is 32.1. The summed E-state index contributed by atoms with van der Waals surface area (Å²) in [4.78, 5) is 31.3. The molecule has 0 aliphatic carbocycles. The van der Waals surface area contributed by atoms with Crippen molar-refractivity contribution in [1.29, 1.82) is 0 Å². The molecule has 2 aromatic heterocycles. The lowest BCUT2D eigenvalue weighted by Crippen LogP contribution is -2.31. The summed E-state index contributed by atoms with van der Waals surface area (Å²) in [5, 5.41) is 14.6. The third kappa shape index (κ3) is 4.09. The lowest BCUT2D eigenvalue weighted by Gasteiger charge is -2.15. The average Bonchev–Trinajstić information content (AvgIpc) is 3.31. The van der Waals surface area contributed by atoms with Crippen molar-refractivity contribution in [3.05, 3.63) is 101 Å². The van der Waals surface area contributed by atoms with Crippen LogP contribution in [0.2, 0.25) is 0 Å². The Morgan fingerprint density at radius 3 is 2.29 bits per heavy atom. The summed E-state index contributed by atoms with van der Waals surface area (Å²) >= 11 is 1.41. The molecule has 5 rings (SSSR count). The minimum Gasteiger partial charge on any atom is -0.508 e. The SMILES string of the molecule is CC(C(=O)Nc1ccc(O)cc1)n1cnc2scc(-c3ccc(-c4ccccc4)cc3)c2c1=O. The zero-order chi connectivity index (χ0) is 23.7. The predicted molar refractivity (Wildman–Crippen MR) is 136 cm³/mol. The molecular formula is C27H21N3O3S. The average molecular weight is 468 g/mol. The molecule has 34 heavy (non-hydrogen) atoms. The van der Waals surface area contributed by atoms with Crippen LogP contribution in [0, 0.1) is 0 Å². The van der Waals surface area contributed by atoms with Crippen LogP contribution in [-0.2, 0) is 4.79 Å². The topological polar surface area (TPSA) is 84.2 Å². The van der Waals surface area contributed by atoms with Crippen LogP contribution < -0.4 is 10.9 Å². The number of hydrogen-bond acceptors (Lipinski definition) is 5. The van der Waals surface area contributed by atoms with Crippen molar-refractivity contribution in [1.82, 2.24) is 9.55 Å². The maximum atomic E-state index is 13.4. The molecule has 0 bridgehead atoms. The molecule has 0 saturated heterocycles. The van der Waals surface area contributed by atoms with E-state index in [2.05, 4.69) is 22.4 Å². The fourth-order valence-electron chi connectivity index (χ4n) is 3.82. The fraction of sp³-hybridized carbons (Fsp3) is 0.0741. The number of phenolic OH excluding ortho intramolecular Hbond substituents is 1. The van der Waals surface area contributed by atoms with Crippen LogP contribution in [0.1, 0.15) is 13.0 Å². The van der Waals surface area contributed by atoms with Crippen LogP contribution in [0.4, 0.5) is 5.69 Å². The summed E-state index contributed by atoms with van der Waals surface area (Å²) in [5.41, 5.74) is 4.22. The molecule has 0 fully saturated rings. The Morgan fingerprint density at radius 2 is 1.59 bits per heavy atom. The van der Waals surface area contributed by atoms with Crippen molar-refractivity contribution < 1.29 is 9.90 Å². The first-order chi connectivity index (χ1) is 16.5. The molecule has 1 amide bonds. The summed E-state index contributed by atoms with van der Waals surface area (Å²) in [6, 6.07) is 23.6. The van der Waals surface area contributed by atoms with Crippen LogP contribution >= 0.6 is 11.3 Å². The van der Waals surface area contributed by atoms with E-state index < -0.39 is 6.04 Å². The van der Waals surface area contributed by atoms with E-state index in [1.807, 2.05) is 47.8 Å². The normalized spacial score (nSPS) is 11.9. The Balaban J connectivity index is 1.47. The van der Waals surface area contributed by atoms with E-state index in [9.17, 15) is 14.7 Å². The van der Waals surface area contributed by atoms with Gasteiger partial charge in [-0.25, -0.2) is 4.98 Å². The molecule has 2 heterocycles. The number of hydrogen-bond donors (Lipinski definition) is 2. The van der Waals surface area contributed by atoms with Crippen molar-refractivity contribution in [2.45, 2.75) is 13.0 Å². The number of anilines is 1. The maximum Gasteiger partial charge on any atom is 0.263 e. The molecule has 5 aromatic rings. The molecule has 7 heteroatoms. The van der Waals surface area contributed by atoms with Crippen molar-refractivity contribution in [2.75, 3.05) is 5.32 Å². The largest absolute Gasteiger partial charge is 0.508 e. The molecule has 168 valence electrons. The van der Waals surface area contributed by atoms with E-state index in [-0.39, 0.29) is 17.2 Å². The number of fused-ring (bicyclic) bond motifs is 1. The predicted octanol–water partition coefficient (Wildman–Crippen LogP) is 5.70. The third-order valence-electron chi connectivity index (χ3n) is 5.75. The maximum absolute atomic E-state index is 13.4. The van der Waals surface area contributed by atoms with Gasteiger partial charge in [-0.2, -0.15) is 0 Å². The lowest BCUT2D eigenvalue weighted by atomic mass is 10.0. The molecule has 0 aliphatic heterocycles. The number of carbonyl (C=O) groups excluding carboxylic acids is 1. The first-order valence-electron chi connectivity index (χ1n) is 10.8.